The summed E-state index contributed by atoms with van der Waals surface area (Å²) in [5.74, 6) is 1.48. The van der Waals surface area contributed by atoms with Crippen LogP contribution in [0.15, 0.2) is 24.4 Å². The summed E-state index contributed by atoms with van der Waals surface area (Å²) in [6.45, 7) is 4.47. The van der Waals surface area contributed by atoms with Crippen molar-refractivity contribution in [2.24, 2.45) is 0 Å². The van der Waals surface area contributed by atoms with E-state index in [2.05, 4.69) is 44.5 Å². The molecule has 0 bridgehead atoms. The molecule has 0 aliphatic heterocycles. The van der Waals surface area contributed by atoms with Gasteiger partial charge in [0, 0.05) is 29.9 Å². The van der Waals surface area contributed by atoms with Crippen LogP contribution >= 0.6 is 0 Å². The van der Waals surface area contributed by atoms with Crippen molar-refractivity contribution < 1.29 is 4.79 Å². The Morgan fingerprint density at radius 1 is 1.35 bits per heavy atom. The van der Waals surface area contributed by atoms with Crippen molar-refractivity contribution in [3.05, 3.63) is 47.2 Å². The van der Waals surface area contributed by atoms with Gasteiger partial charge in [0.1, 0.15) is 5.82 Å². The van der Waals surface area contributed by atoms with Crippen LogP contribution in [0, 0.1) is 6.92 Å². The summed E-state index contributed by atoms with van der Waals surface area (Å²) in [4.78, 5) is 19.6. The number of rotatable bonds is 6. The molecule has 0 atom stereocenters. The van der Waals surface area contributed by atoms with Crippen molar-refractivity contribution in [3.63, 3.8) is 0 Å². The number of aryl methyl sites for hydroxylation is 3. The first kappa shape index (κ1) is 15.3. The van der Waals surface area contributed by atoms with E-state index in [1.165, 1.54) is 16.5 Å². The second-order valence-corrected chi connectivity index (χ2v) is 5.64. The van der Waals surface area contributed by atoms with Crippen molar-refractivity contribution in [1.82, 2.24) is 25.5 Å². The number of amides is 1. The Kier molecular flexibility index (Phi) is 4.41. The number of carbonyl (C=O) groups excluding carboxylic acids is 1. The lowest BCUT2D eigenvalue weighted by molar-refractivity contribution is -0.121. The van der Waals surface area contributed by atoms with Gasteiger partial charge in [-0.15, -0.1) is 0 Å². The number of benzene rings is 1. The van der Waals surface area contributed by atoms with Crippen LogP contribution in [0.2, 0.25) is 0 Å². The van der Waals surface area contributed by atoms with Gasteiger partial charge in [0.2, 0.25) is 5.91 Å². The highest BCUT2D eigenvalue weighted by Crippen LogP contribution is 2.23. The van der Waals surface area contributed by atoms with Gasteiger partial charge in [-0.1, -0.05) is 19.1 Å². The molecule has 0 fully saturated rings. The van der Waals surface area contributed by atoms with Gasteiger partial charge < -0.3 is 10.3 Å². The molecule has 2 heterocycles. The molecule has 0 aliphatic rings. The third kappa shape index (κ3) is 3.41. The Hall–Kier alpha value is -2.63. The number of H-pyrrole nitrogens is 2. The smallest absolute Gasteiger partial charge is 0.220 e. The molecule has 2 aromatic heterocycles. The summed E-state index contributed by atoms with van der Waals surface area (Å²) in [7, 11) is 0. The predicted octanol–water partition coefficient (Wildman–Crippen LogP) is 2.41. The SMILES string of the molecule is CCc1n[nH]c(CNC(=O)CCc2c[nH]c3cccc(C)c23)n1. The second kappa shape index (κ2) is 6.64. The van der Waals surface area contributed by atoms with E-state index in [1.54, 1.807) is 0 Å². The van der Waals surface area contributed by atoms with Crippen LogP contribution in [-0.4, -0.2) is 26.1 Å². The Labute approximate surface area is 134 Å². The average molecular weight is 311 g/mol. The Balaban J connectivity index is 1.56. The lowest BCUT2D eigenvalue weighted by Crippen LogP contribution is -2.23. The van der Waals surface area contributed by atoms with Crippen molar-refractivity contribution in [2.75, 3.05) is 0 Å². The Morgan fingerprint density at radius 3 is 3.00 bits per heavy atom. The van der Waals surface area contributed by atoms with E-state index in [-0.39, 0.29) is 5.91 Å². The highest BCUT2D eigenvalue weighted by Gasteiger charge is 2.09. The molecule has 0 radical (unpaired) electrons. The lowest BCUT2D eigenvalue weighted by Gasteiger charge is -2.04. The fourth-order valence-corrected chi connectivity index (χ4v) is 2.74. The number of carbonyl (C=O) groups is 1. The summed E-state index contributed by atoms with van der Waals surface area (Å²) >= 11 is 0. The third-order valence-electron chi connectivity index (χ3n) is 3.96. The van der Waals surface area contributed by atoms with Crippen LogP contribution in [0.4, 0.5) is 0 Å². The van der Waals surface area contributed by atoms with E-state index in [9.17, 15) is 4.79 Å². The minimum atomic E-state index is 0.0161. The summed E-state index contributed by atoms with van der Waals surface area (Å²) < 4.78 is 0. The molecule has 0 saturated carbocycles. The maximum absolute atomic E-state index is 12.0. The summed E-state index contributed by atoms with van der Waals surface area (Å²) in [6.07, 6.45) is 3.95. The highest BCUT2D eigenvalue weighted by atomic mass is 16.1. The van der Waals surface area contributed by atoms with Crippen LogP contribution in [0.25, 0.3) is 10.9 Å². The molecule has 1 amide bonds. The van der Waals surface area contributed by atoms with Crippen molar-refractivity contribution >= 4 is 16.8 Å². The number of nitrogens with zero attached hydrogens (tertiary/aromatic N) is 2. The zero-order chi connectivity index (χ0) is 16.2. The first-order chi connectivity index (χ1) is 11.2. The van der Waals surface area contributed by atoms with Crippen LogP contribution in [0.3, 0.4) is 0 Å². The van der Waals surface area contributed by atoms with Crippen LogP contribution in [0.5, 0.6) is 0 Å². The highest BCUT2D eigenvalue weighted by molar-refractivity contribution is 5.87. The van der Waals surface area contributed by atoms with E-state index in [0.717, 1.165) is 17.8 Å². The van der Waals surface area contributed by atoms with Crippen LogP contribution in [0.1, 0.15) is 36.1 Å². The van der Waals surface area contributed by atoms with Gasteiger partial charge in [0.25, 0.3) is 0 Å². The number of fused-ring (bicyclic) bond motifs is 1. The van der Waals surface area contributed by atoms with Crippen LogP contribution in [-0.2, 0) is 24.2 Å². The van der Waals surface area contributed by atoms with Gasteiger partial charge >= 0.3 is 0 Å². The van der Waals surface area contributed by atoms with Crippen molar-refractivity contribution in [2.45, 2.75) is 39.7 Å². The molecule has 3 aromatic rings. The lowest BCUT2D eigenvalue weighted by atomic mass is 10.0. The zero-order valence-corrected chi connectivity index (χ0v) is 13.4. The molecule has 1 aromatic carbocycles. The van der Waals surface area contributed by atoms with Gasteiger partial charge in [-0.05, 0) is 30.5 Å². The Bertz CT molecular complexity index is 817. The fourth-order valence-electron chi connectivity index (χ4n) is 2.74. The van der Waals surface area contributed by atoms with E-state index in [4.69, 9.17) is 0 Å². The summed E-state index contributed by atoms with van der Waals surface area (Å²) in [5, 5.41) is 11.0. The molecule has 3 rings (SSSR count). The van der Waals surface area contributed by atoms with E-state index >= 15 is 0 Å². The predicted molar refractivity (Wildman–Crippen MR) is 89.0 cm³/mol. The molecule has 6 nitrogen and oxygen atoms in total. The molecular formula is C17H21N5O. The quantitative estimate of drug-likeness (QED) is 0.653. The normalized spacial score (nSPS) is 11.0. The number of aromatic amines is 2. The first-order valence-corrected chi connectivity index (χ1v) is 7.89. The van der Waals surface area contributed by atoms with Crippen LogP contribution < -0.4 is 5.32 Å². The molecule has 0 unspecified atom stereocenters. The third-order valence-corrected chi connectivity index (χ3v) is 3.96. The number of aromatic nitrogens is 4. The van der Waals surface area contributed by atoms with E-state index < -0.39 is 0 Å². The molecular weight excluding hydrogens is 290 g/mol. The Morgan fingerprint density at radius 2 is 2.22 bits per heavy atom. The van der Waals surface area contributed by atoms with Gasteiger partial charge in [-0.25, -0.2) is 4.98 Å². The fraction of sp³-hybridized carbons (Fsp3) is 0.353. The number of nitrogens with one attached hydrogen (secondary N) is 3. The zero-order valence-electron chi connectivity index (χ0n) is 13.4. The molecule has 3 N–H and O–H groups in total. The maximum Gasteiger partial charge on any atom is 0.220 e. The monoisotopic (exact) mass is 311 g/mol. The molecule has 6 heteroatoms. The minimum Gasteiger partial charge on any atom is -0.361 e. The molecule has 0 spiro atoms. The van der Waals surface area contributed by atoms with Gasteiger partial charge in [-0.3, -0.25) is 9.89 Å². The van der Waals surface area contributed by atoms with Gasteiger partial charge in [0.05, 0.1) is 6.54 Å². The maximum atomic E-state index is 12.0. The van der Waals surface area contributed by atoms with Gasteiger partial charge in [0.15, 0.2) is 5.82 Å². The average Bonchev–Trinajstić information content (AvgIpc) is 3.18. The van der Waals surface area contributed by atoms with Crippen molar-refractivity contribution in [1.29, 1.82) is 0 Å². The second-order valence-electron chi connectivity index (χ2n) is 5.64. The van der Waals surface area contributed by atoms with E-state index in [1.807, 2.05) is 19.2 Å². The first-order valence-electron chi connectivity index (χ1n) is 7.89. The number of hydrogen-bond donors (Lipinski definition) is 3. The number of hydrogen-bond acceptors (Lipinski definition) is 3. The molecule has 0 aliphatic carbocycles. The largest absolute Gasteiger partial charge is 0.361 e. The van der Waals surface area contributed by atoms with E-state index in [0.29, 0.717) is 25.2 Å². The van der Waals surface area contributed by atoms with Crippen molar-refractivity contribution in [3.8, 4) is 0 Å². The minimum absolute atomic E-state index is 0.0161. The summed E-state index contributed by atoms with van der Waals surface area (Å²) in [6, 6.07) is 6.18. The topological polar surface area (TPSA) is 86.5 Å². The van der Waals surface area contributed by atoms with Gasteiger partial charge in [-0.2, -0.15) is 5.10 Å². The summed E-state index contributed by atoms with van der Waals surface area (Å²) in [5.41, 5.74) is 3.53. The molecule has 120 valence electrons. The molecule has 0 saturated heterocycles. The molecule has 23 heavy (non-hydrogen) atoms. The standard InChI is InChI=1S/C17H21N5O/c1-3-14-20-15(22-21-14)10-19-16(23)8-7-12-9-18-13-6-4-5-11(2)17(12)13/h4-6,9,18H,3,7-8,10H2,1-2H3,(H,19,23)(H,20,21,22).